The second kappa shape index (κ2) is 17.8. The smallest absolute Gasteiger partial charge is 0.0631 e. The van der Waals surface area contributed by atoms with Crippen molar-refractivity contribution in [2.24, 2.45) is 9.98 Å². The average Bonchev–Trinajstić information content (AvgIpc) is 4.15. The van der Waals surface area contributed by atoms with Gasteiger partial charge in [-0.05, 0) is 188 Å². The molecule has 10 heteroatoms. The highest BCUT2D eigenvalue weighted by Gasteiger charge is 2.14. The Hall–Kier alpha value is -5.40. The van der Waals surface area contributed by atoms with Crippen molar-refractivity contribution < 1.29 is 0 Å². The Balaban J connectivity index is 0.871. The Labute approximate surface area is 392 Å². The van der Waals surface area contributed by atoms with Crippen LogP contribution in [-0.4, -0.2) is 12.4 Å². The van der Waals surface area contributed by atoms with E-state index >= 15 is 0 Å². The van der Waals surface area contributed by atoms with Crippen molar-refractivity contribution >= 4 is 114 Å². The third-order valence-electron chi connectivity index (χ3n) is 10.1. The van der Waals surface area contributed by atoms with Crippen molar-refractivity contribution in [2.45, 2.75) is 0 Å². The summed E-state index contributed by atoms with van der Waals surface area (Å²) in [6, 6.07) is 57.0. The van der Waals surface area contributed by atoms with Crippen LogP contribution in [0.5, 0.6) is 0 Å². The Morgan fingerprint density at radius 2 is 0.548 bits per heavy atom. The molecule has 11 aromatic rings. The van der Waals surface area contributed by atoms with E-state index in [1.807, 2.05) is 82.0 Å². The quantitative estimate of drug-likeness (QED) is 0.109. The molecule has 0 bridgehead atoms. The number of nitrogens with zero attached hydrogens (tertiary/aromatic N) is 2. The molecule has 0 unspecified atom stereocenters. The van der Waals surface area contributed by atoms with Gasteiger partial charge in [-0.2, -0.15) is 0 Å². The predicted molar refractivity (Wildman–Crippen MR) is 280 cm³/mol. The molecule has 0 N–H and O–H groups in total. The fraction of sp³-hybridized carbons (Fsp3) is 0. The molecule has 0 fully saturated rings. The lowest BCUT2D eigenvalue weighted by atomic mass is 10.0. The first-order valence-electron chi connectivity index (χ1n) is 19.7. The van der Waals surface area contributed by atoms with Crippen LogP contribution in [0.15, 0.2) is 189 Å². The maximum Gasteiger partial charge on any atom is 0.0631 e. The minimum Gasteiger partial charge on any atom is -0.256 e. The monoisotopic (exact) mass is 940 g/mol. The minimum absolute atomic E-state index is 0.880. The van der Waals surface area contributed by atoms with Crippen molar-refractivity contribution in [3.8, 4) is 80.8 Å². The molecular weight excluding hydrogens is 909 g/mol. The molecule has 11 rings (SSSR count). The van der Waals surface area contributed by atoms with Crippen LogP contribution in [0.4, 0.5) is 11.4 Å². The summed E-state index contributed by atoms with van der Waals surface area (Å²) in [6.07, 6.45) is 3.98. The Morgan fingerprint density at radius 1 is 0.274 bits per heavy atom. The van der Waals surface area contributed by atoms with Crippen molar-refractivity contribution in [3.63, 3.8) is 0 Å². The third kappa shape index (κ3) is 8.66. The summed E-state index contributed by atoms with van der Waals surface area (Å²) in [6.45, 7) is 0. The summed E-state index contributed by atoms with van der Waals surface area (Å²) in [4.78, 5) is 25.3. The van der Waals surface area contributed by atoms with Crippen molar-refractivity contribution in [3.05, 3.63) is 190 Å². The number of benzene rings is 3. The number of hydrogen-bond donors (Lipinski definition) is 0. The average molecular weight is 941 g/mol. The van der Waals surface area contributed by atoms with Gasteiger partial charge in [-0.3, -0.25) is 9.98 Å². The van der Waals surface area contributed by atoms with E-state index in [2.05, 4.69) is 155 Å². The summed E-state index contributed by atoms with van der Waals surface area (Å²) in [5.74, 6) is 0. The third-order valence-corrected chi connectivity index (χ3v) is 18.9. The van der Waals surface area contributed by atoms with E-state index < -0.39 is 0 Å². The van der Waals surface area contributed by atoms with Crippen molar-refractivity contribution in [1.29, 1.82) is 0 Å². The molecule has 0 aliphatic rings. The molecule has 3 aromatic carbocycles. The minimum atomic E-state index is 0.880. The van der Waals surface area contributed by atoms with Gasteiger partial charge in [-0.25, -0.2) is 0 Å². The molecule has 0 spiro atoms. The van der Waals surface area contributed by atoms with Gasteiger partial charge >= 0.3 is 0 Å². The topological polar surface area (TPSA) is 24.7 Å². The first-order valence-corrected chi connectivity index (χ1v) is 26.5. The van der Waals surface area contributed by atoms with Crippen LogP contribution in [0.25, 0.3) is 80.8 Å². The number of thiophene rings is 8. The lowest BCUT2D eigenvalue weighted by Gasteiger charge is -2.06. The molecule has 0 atom stereocenters. The summed E-state index contributed by atoms with van der Waals surface area (Å²) < 4.78 is 0. The van der Waals surface area contributed by atoms with Crippen LogP contribution in [-0.2, 0) is 0 Å². The second-order valence-electron chi connectivity index (χ2n) is 14.3. The lowest BCUT2D eigenvalue weighted by molar-refractivity contribution is 1.48. The van der Waals surface area contributed by atoms with Gasteiger partial charge in [0, 0.05) is 71.0 Å². The van der Waals surface area contributed by atoms with Gasteiger partial charge in [-0.15, -0.1) is 90.7 Å². The molecule has 8 aromatic heterocycles. The maximum atomic E-state index is 4.97. The van der Waals surface area contributed by atoms with Crippen molar-refractivity contribution in [1.82, 2.24) is 0 Å². The number of aliphatic imine (C=N–C) groups is 2. The molecule has 298 valence electrons. The normalized spacial score (nSPS) is 11.7. The molecule has 8 heterocycles. The SMILES string of the molecule is C(=Nc1ccc(N=Cc2cc(-c3ccc(-c4cccs4)s3)cc(-c3ccc(-c4cccs4)s3)c2)cc1)c1cc(-c2ccc(-c3cccs3)s2)cc(-c2ccc(-c3cccs3)s2)c1. The van der Waals surface area contributed by atoms with Crippen LogP contribution in [0.2, 0.25) is 0 Å². The van der Waals surface area contributed by atoms with Gasteiger partial charge in [0.15, 0.2) is 0 Å². The van der Waals surface area contributed by atoms with Gasteiger partial charge in [-0.1, -0.05) is 24.3 Å². The highest BCUT2D eigenvalue weighted by molar-refractivity contribution is 7.25. The van der Waals surface area contributed by atoms with Gasteiger partial charge in [0.05, 0.1) is 11.4 Å². The summed E-state index contributed by atoms with van der Waals surface area (Å²) in [5, 5.41) is 8.56. The van der Waals surface area contributed by atoms with E-state index in [0.717, 1.165) is 22.5 Å². The Morgan fingerprint density at radius 3 is 0.806 bits per heavy atom. The molecule has 2 nitrogen and oxygen atoms in total. The zero-order chi connectivity index (χ0) is 41.2. The highest BCUT2D eigenvalue weighted by atomic mass is 32.1. The molecule has 0 amide bonds. The largest absolute Gasteiger partial charge is 0.256 e. The van der Waals surface area contributed by atoms with Crippen LogP contribution >= 0.6 is 90.7 Å². The Kier molecular flexibility index (Phi) is 11.3. The van der Waals surface area contributed by atoms with E-state index in [9.17, 15) is 0 Å². The molecular formula is C52H32N2S8. The number of hydrogen-bond acceptors (Lipinski definition) is 10. The van der Waals surface area contributed by atoms with E-state index in [1.165, 1.54) is 80.8 Å². The highest BCUT2D eigenvalue weighted by Crippen LogP contribution is 2.43. The van der Waals surface area contributed by atoms with E-state index in [1.54, 1.807) is 45.3 Å². The van der Waals surface area contributed by atoms with Gasteiger partial charge in [0.2, 0.25) is 0 Å². The van der Waals surface area contributed by atoms with Crippen LogP contribution in [0.3, 0.4) is 0 Å². The van der Waals surface area contributed by atoms with Gasteiger partial charge < -0.3 is 0 Å². The zero-order valence-electron chi connectivity index (χ0n) is 32.6. The van der Waals surface area contributed by atoms with Gasteiger partial charge in [0.1, 0.15) is 0 Å². The van der Waals surface area contributed by atoms with E-state index in [-0.39, 0.29) is 0 Å². The summed E-state index contributed by atoms with van der Waals surface area (Å²) in [5.41, 5.74) is 8.68. The Bertz CT molecular complexity index is 2870. The summed E-state index contributed by atoms with van der Waals surface area (Å²) in [7, 11) is 0. The molecule has 0 saturated carbocycles. The standard InChI is InChI=1S/C52H32N2S8/c1-5-45(55-21-1)49-17-13-41(59-49)35-25-33(26-36(29-35)42-14-18-50(60-42)46-6-2-22-56-46)31-53-39-9-11-40(12-10-39)54-32-34-27-37(43-15-19-51(61-43)47-7-3-23-57-47)30-38(28-34)44-16-20-52(62-44)48-8-4-24-58-48/h1-32H. The van der Waals surface area contributed by atoms with Crippen LogP contribution < -0.4 is 0 Å². The molecule has 0 saturated heterocycles. The molecule has 0 aliphatic heterocycles. The number of rotatable bonds is 12. The fourth-order valence-corrected chi connectivity index (χ4v) is 14.4. The predicted octanol–water partition coefficient (Wildman–Crippen LogP) is 19.0. The van der Waals surface area contributed by atoms with Crippen LogP contribution in [0, 0.1) is 0 Å². The molecule has 0 aliphatic carbocycles. The van der Waals surface area contributed by atoms with E-state index in [4.69, 9.17) is 9.98 Å². The van der Waals surface area contributed by atoms with Crippen molar-refractivity contribution in [2.75, 3.05) is 0 Å². The zero-order valence-corrected chi connectivity index (χ0v) is 39.2. The van der Waals surface area contributed by atoms with E-state index in [0.29, 0.717) is 0 Å². The first-order chi connectivity index (χ1) is 30.6. The summed E-state index contributed by atoms with van der Waals surface area (Å²) >= 11 is 14.5. The first kappa shape index (κ1) is 39.4. The second-order valence-corrected chi connectivity index (χ2v) is 22.4. The van der Waals surface area contributed by atoms with Crippen LogP contribution in [0.1, 0.15) is 11.1 Å². The van der Waals surface area contributed by atoms with Gasteiger partial charge in [0.25, 0.3) is 0 Å². The maximum absolute atomic E-state index is 4.97. The molecule has 62 heavy (non-hydrogen) atoms. The molecule has 0 radical (unpaired) electrons. The fourth-order valence-electron chi connectivity index (χ4n) is 7.12. The lowest BCUT2D eigenvalue weighted by Crippen LogP contribution is -1.86.